The first-order chi connectivity index (χ1) is 8.35. The van der Waals surface area contributed by atoms with Crippen molar-refractivity contribution in [1.82, 2.24) is 10.2 Å². The van der Waals surface area contributed by atoms with Gasteiger partial charge in [-0.15, -0.1) is 0 Å². The third kappa shape index (κ3) is 4.55. The summed E-state index contributed by atoms with van der Waals surface area (Å²) >= 11 is 0. The second-order valence-electron chi connectivity index (χ2n) is 5.79. The Kier molecular flexibility index (Phi) is 5.56. The Hall–Kier alpha value is -0.650. The van der Waals surface area contributed by atoms with Gasteiger partial charge in [0.2, 0.25) is 5.91 Å². The molecule has 0 saturated carbocycles. The fourth-order valence-electron chi connectivity index (χ4n) is 2.32. The fourth-order valence-corrected chi connectivity index (χ4v) is 2.32. The second-order valence-corrected chi connectivity index (χ2v) is 5.79. The summed E-state index contributed by atoms with van der Waals surface area (Å²) in [5, 5.41) is 2.95. The van der Waals surface area contributed by atoms with Gasteiger partial charge >= 0.3 is 0 Å². The molecule has 1 saturated heterocycles. The quantitative estimate of drug-likeness (QED) is 0.745. The van der Waals surface area contributed by atoms with Crippen LogP contribution in [0.25, 0.3) is 0 Å². The number of carbonyl (C=O) groups excluding carboxylic acids is 1. The zero-order valence-corrected chi connectivity index (χ0v) is 12.0. The maximum absolute atomic E-state index is 11.5. The predicted molar refractivity (Wildman–Crippen MR) is 72.3 cm³/mol. The van der Waals surface area contributed by atoms with Gasteiger partial charge in [-0.05, 0) is 27.7 Å². The summed E-state index contributed by atoms with van der Waals surface area (Å²) in [6.45, 7) is 11.3. The van der Waals surface area contributed by atoms with E-state index in [1.807, 2.05) is 0 Å². The molecule has 3 N–H and O–H groups in total. The first-order valence-corrected chi connectivity index (χ1v) is 6.72. The fraction of sp³-hybridized carbons (Fsp3) is 0.923. The van der Waals surface area contributed by atoms with Crippen LogP contribution >= 0.6 is 0 Å². The third-order valence-electron chi connectivity index (χ3n) is 3.37. The Bertz CT molecular complexity index is 271. The van der Waals surface area contributed by atoms with Crippen LogP contribution in [-0.4, -0.2) is 54.7 Å². The van der Waals surface area contributed by atoms with Crippen LogP contribution in [0.15, 0.2) is 0 Å². The van der Waals surface area contributed by atoms with Crippen molar-refractivity contribution in [2.45, 2.75) is 51.9 Å². The van der Waals surface area contributed by atoms with Crippen molar-refractivity contribution in [1.29, 1.82) is 0 Å². The van der Waals surface area contributed by atoms with E-state index in [1.54, 1.807) is 0 Å². The molecule has 5 nitrogen and oxygen atoms in total. The monoisotopic (exact) mass is 257 g/mol. The molecule has 5 heteroatoms. The van der Waals surface area contributed by atoms with Crippen molar-refractivity contribution in [3.05, 3.63) is 0 Å². The lowest BCUT2D eigenvalue weighted by molar-refractivity contribution is -0.122. The number of nitrogens with two attached hydrogens (primary N) is 1. The molecule has 0 aliphatic carbocycles. The van der Waals surface area contributed by atoms with Crippen molar-refractivity contribution in [3.63, 3.8) is 0 Å². The number of ether oxygens (including phenoxy) is 1. The first kappa shape index (κ1) is 15.4. The summed E-state index contributed by atoms with van der Waals surface area (Å²) in [6.07, 6.45) is 0.881. The number of hydrogen-bond acceptors (Lipinski definition) is 4. The molecule has 2 atom stereocenters. The molecule has 1 rings (SSSR count). The summed E-state index contributed by atoms with van der Waals surface area (Å²) in [7, 11) is 0. The van der Waals surface area contributed by atoms with Crippen molar-refractivity contribution in [3.8, 4) is 0 Å². The van der Waals surface area contributed by atoms with Crippen LogP contribution in [0.1, 0.15) is 34.1 Å². The highest BCUT2D eigenvalue weighted by Gasteiger charge is 2.33. The molecular formula is C13H27N3O2. The highest BCUT2D eigenvalue weighted by atomic mass is 16.5. The lowest BCUT2D eigenvalue weighted by atomic mass is 10.00. The zero-order valence-electron chi connectivity index (χ0n) is 12.0. The molecule has 106 valence electrons. The van der Waals surface area contributed by atoms with Crippen molar-refractivity contribution in [2.75, 3.05) is 26.2 Å². The van der Waals surface area contributed by atoms with E-state index in [9.17, 15) is 4.79 Å². The zero-order chi connectivity index (χ0) is 13.8. The average molecular weight is 257 g/mol. The number of nitrogens with one attached hydrogen (secondary N) is 1. The number of nitrogens with zero attached hydrogens (tertiary/aromatic N) is 1. The van der Waals surface area contributed by atoms with Gasteiger partial charge in [0.25, 0.3) is 0 Å². The minimum atomic E-state index is -0.0590. The molecule has 0 spiro atoms. The van der Waals surface area contributed by atoms with Crippen LogP contribution in [0.5, 0.6) is 0 Å². The molecule has 0 bridgehead atoms. The predicted octanol–water partition coefficient (Wildman–Crippen LogP) is 0.339. The lowest BCUT2D eigenvalue weighted by Gasteiger charge is -2.45. The molecule has 1 aliphatic heterocycles. The van der Waals surface area contributed by atoms with Gasteiger partial charge in [0.15, 0.2) is 0 Å². The molecule has 1 amide bonds. The Labute approximate surface area is 110 Å². The normalized spacial score (nSPS) is 26.1. The number of morpholine rings is 1. The van der Waals surface area contributed by atoms with E-state index < -0.39 is 0 Å². The smallest absolute Gasteiger partial charge is 0.221 e. The van der Waals surface area contributed by atoms with Crippen LogP contribution in [0.2, 0.25) is 0 Å². The second kappa shape index (κ2) is 6.50. The van der Waals surface area contributed by atoms with Crippen LogP contribution in [0.4, 0.5) is 0 Å². The molecule has 1 heterocycles. The van der Waals surface area contributed by atoms with E-state index in [0.29, 0.717) is 19.5 Å². The Morgan fingerprint density at radius 3 is 2.44 bits per heavy atom. The summed E-state index contributed by atoms with van der Waals surface area (Å²) in [5.74, 6) is 0.0277. The molecule has 0 aromatic rings. The van der Waals surface area contributed by atoms with Gasteiger partial charge in [0.1, 0.15) is 0 Å². The minimum absolute atomic E-state index is 0.0277. The molecule has 0 aromatic carbocycles. The van der Waals surface area contributed by atoms with Gasteiger partial charge in [-0.3, -0.25) is 9.69 Å². The molecule has 1 aliphatic rings. The number of rotatable bonds is 5. The van der Waals surface area contributed by atoms with Crippen LogP contribution in [0.3, 0.4) is 0 Å². The van der Waals surface area contributed by atoms with Crippen LogP contribution in [-0.2, 0) is 9.53 Å². The summed E-state index contributed by atoms with van der Waals surface area (Å²) in [5.41, 5.74) is 5.30. The maximum atomic E-state index is 11.5. The Morgan fingerprint density at radius 1 is 1.39 bits per heavy atom. The van der Waals surface area contributed by atoms with Crippen LogP contribution in [0, 0.1) is 0 Å². The van der Waals surface area contributed by atoms with Gasteiger partial charge in [-0.2, -0.15) is 0 Å². The standard InChI is InChI=1S/C13H27N3O2/c1-10-7-16(8-11(2)18-10)13(3,4)9-15-12(17)5-6-14/h10-11H,5-9,14H2,1-4H3,(H,15,17). The molecular weight excluding hydrogens is 230 g/mol. The molecule has 0 radical (unpaired) electrons. The van der Waals surface area contributed by atoms with Gasteiger partial charge in [0, 0.05) is 38.1 Å². The van der Waals surface area contributed by atoms with Gasteiger partial charge in [-0.25, -0.2) is 0 Å². The van der Waals surface area contributed by atoms with Gasteiger partial charge in [-0.1, -0.05) is 0 Å². The van der Waals surface area contributed by atoms with E-state index >= 15 is 0 Å². The van der Waals surface area contributed by atoms with Gasteiger partial charge in [0.05, 0.1) is 12.2 Å². The topological polar surface area (TPSA) is 67.6 Å². The van der Waals surface area contributed by atoms with E-state index in [0.717, 1.165) is 13.1 Å². The summed E-state index contributed by atoms with van der Waals surface area (Å²) in [4.78, 5) is 13.9. The summed E-state index contributed by atoms with van der Waals surface area (Å²) in [6, 6.07) is 0. The van der Waals surface area contributed by atoms with Crippen molar-refractivity contribution < 1.29 is 9.53 Å². The number of hydrogen-bond donors (Lipinski definition) is 2. The largest absolute Gasteiger partial charge is 0.373 e. The molecule has 2 unspecified atom stereocenters. The molecule has 1 fully saturated rings. The highest BCUT2D eigenvalue weighted by Crippen LogP contribution is 2.20. The maximum Gasteiger partial charge on any atom is 0.221 e. The number of carbonyl (C=O) groups is 1. The average Bonchev–Trinajstić information content (AvgIpc) is 2.26. The van der Waals surface area contributed by atoms with Crippen molar-refractivity contribution >= 4 is 5.91 Å². The Morgan fingerprint density at radius 2 is 1.94 bits per heavy atom. The van der Waals surface area contributed by atoms with Gasteiger partial charge < -0.3 is 15.8 Å². The van der Waals surface area contributed by atoms with E-state index in [-0.39, 0.29) is 23.7 Å². The van der Waals surface area contributed by atoms with Crippen LogP contribution < -0.4 is 11.1 Å². The first-order valence-electron chi connectivity index (χ1n) is 6.72. The molecule has 0 aromatic heterocycles. The number of amides is 1. The Balaban J connectivity index is 2.48. The minimum Gasteiger partial charge on any atom is -0.373 e. The van der Waals surface area contributed by atoms with Crippen molar-refractivity contribution in [2.24, 2.45) is 5.73 Å². The summed E-state index contributed by atoms with van der Waals surface area (Å²) < 4.78 is 5.73. The van der Waals surface area contributed by atoms with E-state index in [4.69, 9.17) is 10.5 Å². The molecule has 18 heavy (non-hydrogen) atoms. The van der Waals surface area contributed by atoms with E-state index in [2.05, 4.69) is 37.9 Å². The third-order valence-corrected chi connectivity index (χ3v) is 3.37. The lowest BCUT2D eigenvalue weighted by Crippen LogP contribution is -2.58. The highest BCUT2D eigenvalue weighted by molar-refractivity contribution is 5.76. The SMILES string of the molecule is CC1CN(C(C)(C)CNC(=O)CCN)CC(C)O1. The van der Waals surface area contributed by atoms with E-state index in [1.165, 1.54) is 0 Å².